The molecule has 3 heteroatoms. The molecule has 0 fully saturated rings. The molecule has 64 valence electrons. The van der Waals surface area contributed by atoms with Crippen LogP contribution >= 0.6 is 0 Å². The fraction of sp³-hybridized carbons (Fsp3) is 0.444. The van der Waals surface area contributed by atoms with Crippen LogP contribution in [-0.4, -0.2) is 15.2 Å². The molecule has 2 N–H and O–H groups in total. The van der Waals surface area contributed by atoms with E-state index in [-0.39, 0.29) is 0 Å². The Morgan fingerprint density at radius 1 is 1.67 bits per heavy atom. The number of fused-ring (bicyclic) bond motifs is 1. The molecule has 1 heterocycles. The molecule has 0 saturated heterocycles. The second-order valence-corrected chi connectivity index (χ2v) is 3.46. The van der Waals surface area contributed by atoms with Crippen LogP contribution in [0.3, 0.4) is 0 Å². The molecule has 0 aromatic carbocycles. The number of nitrogens with zero attached hydrogens (tertiary/aromatic N) is 1. The van der Waals surface area contributed by atoms with Crippen LogP contribution in [0.25, 0.3) is 0 Å². The van der Waals surface area contributed by atoms with Crippen LogP contribution in [0.1, 0.15) is 30.6 Å². The van der Waals surface area contributed by atoms with Crippen LogP contribution < -0.4 is 0 Å². The highest BCUT2D eigenvalue weighted by Crippen LogP contribution is 2.41. The number of pyridine rings is 1. The monoisotopic (exact) mass is 165 g/mol. The highest BCUT2D eigenvalue weighted by molar-refractivity contribution is 5.35. The Hall–Kier alpha value is -0.930. The van der Waals surface area contributed by atoms with E-state index in [1.807, 2.05) is 0 Å². The van der Waals surface area contributed by atoms with Gasteiger partial charge >= 0.3 is 0 Å². The molecule has 2 rings (SSSR count). The second kappa shape index (κ2) is 2.28. The van der Waals surface area contributed by atoms with E-state index in [1.165, 1.54) is 0 Å². The van der Waals surface area contributed by atoms with Crippen LogP contribution in [0.4, 0.5) is 0 Å². The van der Waals surface area contributed by atoms with Crippen molar-refractivity contribution in [1.82, 2.24) is 4.98 Å². The van der Waals surface area contributed by atoms with E-state index in [4.69, 9.17) is 0 Å². The predicted molar refractivity (Wildman–Crippen MR) is 43.4 cm³/mol. The molecule has 1 aromatic heterocycles. The van der Waals surface area contributed by atoms with Gasteiger partial charge in [0.2, 0.25) is 0 Å². The quantitative estimate of drug-likeness (QED) is 0.595. The maximum Gasteiger partial charge on any atom is 0.0915 e. The molecule has 0 spiro atoms. The molecule has 2 atom stereocenters. The average Bonchev–Trinajstić information content (AvgIpc) is 2.25. The zero-order chi connectivity index (χ0) is 8.77. The summed E-state index contributed by atoms with van der Waals surface area (Å²) in [6.45, 7) is 1.70. The van der Waals surface area contributed by atoms with Gasteiger partial charge in [-0.25, -0.2) is 0 Å². The molecule has 0 amide bonds. The van der Waals surface area contributed by atoms with Crippen molar-refractivity contribution < 1.29 is 10.2 Å². The standard InChI is InChI=1S/C9H11NO2/c1-9(12)4-8(11)6-2-3-10-5-7(6)9/h2-3,5,8,11-12H,4H2,1H3/t8-,9+/m1/s1. The summed E-state index contributed by atoms with van der Waals surface area (Å²) in [5.41, 5.74) is 0.635. The molecule has 0 radical (unpaired) electrons. The van der Waals surface area contributed by atoms with E-state index >= 15 is 0 Å². The van der Waals surface area contributed by atoms with Crippen LogP contribution in [0, 0.1) is 0 Å². The Kier molecular flexibility index (Phi) is 1.46. The largest absolute Gasteiger partial charge is 0.388 e. The summed E-state index contributed by atoms with van der Waals surface area (Å²) in [4.78, 5) is 3.92. The normalized spacial score (nSPS) is 33.4. The summed E-state index contributed by atoms with van der Waals surface area (Å²) in [5.74, 6) is 0. The minimum atomic E-state index is -0.914. The molecule has 0 bridgehead atoms. The van der Waals surface area contributed by atoms with Gasteiger partial charge in [-0.3, -0.25) is 4.98 Å². The van der Waals surface area contributed by atoms with Crippen LogP contribution in [0.5, 0.6) is 0 Å². The van der Waals surface area contributed by atoms with E-state index in [1.54, 1.807) is 25.4 Å². The first-order chi connectivity index (χ1) is 5.61. The number of aliphatic hydroxyl groups is 2. The Bertz CT molecular complexity index is 309. The summed E-state index contributed by atoms with van der Waals surface area (Å²) in [7, 11) is 0. The fourth-order valence-electron chi connectivity index (χ4n) is 1.74. The first kappa shape index (κ1) is 7.71. The molecular weight excluding hydrogens is 154 g/mol. The van der Waals surface area contributed by atoms with Gasteiger partial charge in [0, 0.05) is 24.4 Å². The van der Waals surface area contributed by atoms with E-state index in [0.29, 0.717) is 6.42 Å². The SMILES string of the molecule is C[C@]1(O)C[C@@H](O)c2ccncc21. The number of hydrogen-bond donors (Lipinski definition) is 2. The van der Waals surface area contributed by atoms with Gasteiger partial charge in [0.05, 0.1) is 11.7 Å². The zero-order valence-corrected chi connectivity index (χ0v) is 6.86. The molecule has 1 aromatic rings. The van der Waals surface area contributed by atoms with Gasteiger partial charge in [-0.1, -0.05) is 0 Å². The van der Waals surface area contributed by atoms with Gasteiger partial charge in [-0.05, 0) is 18.6 Å². The summed E-state index contributed by atoms with van der Waals surface area (Å²) in [5, 5.41) is 19.3. The number of hydrogen-bond acceptors (Lipinski definition) is 3. The Morgan fingerprint density at radius 2 is 2.42 bits per heavy atom. The van der Waals surface area contributed by atoms with Crippen LogP contribution in [0.15, 0.2) is 18.5 Å². The first-order valence-corrected chi connectivity index (χ1v) is 3.96. The Balaban J connectivity index is 2.58. The van der Waals surface area contributed by atoms with Crippen LogP contribution in [-0.2, 0) is 5.60 Å². The second-order valence-electron chi connectivity index (χ2n) is 3.46. The van der Waals surface area contributed by atoms with E-state index in [9.17, 15) is 10.2 Å². The lowest BCUT2D eigenvalue weighted by molar-refractivity contribution is 0.0227. The number of aromatic nitrogens is 1. The Morgan fingerprint density at radius 3 is 3.08 bits per heavy atom. The van der Waals surface area contributed by atoms with Crippen molar-refractivity contribution in [2.24, 2.45) is 0 Å². The maximum atomic E-state index is 9.82. The third kappa shape index (κ3) is 0.940. The van der Waals surface area contributed by atoms with Gasteiger partial charge in [-0.15, -0.1) is 0 Å². The number of aliphatic hydroxyl groups excluding tert-OH is 1. The third-order valence-electron chi connectivity index (χ3n) is 2.38. The summed E-state index contributed by atoms with van der Waals surface area (Å²) in [6.07, 6.45) is 3.07. The smallest absolute Gasteiger partial charge is 0.0915 e. The van der Waals surface area contributed by atoms with Crippen molar-refractivity contribution in [3.8, 4) is 0 Å². The molecular formula is C9H11NO2. The predicted octanol–water partition coefficient (Wildman–Crippen LogP) is 0.726. The van der Waals surface area contributed by atoms with E-state index < -0.39 is 11.7 Å². The van der Waals surface area contributed by atoms with Crippen molar-refractivity contribution in [2.75, 3.05) is 0 Å². The summed E-state index contributed by atoms with van der Waals surface area (Å²) < 4.78 is 0. The molecule has 1 aliphatic rings. The molecule has 12 heavy (non-hydrogen) atoms. The van der Waals surface area contributed by atoms with Gasteiger partial charge in [-0.2, -0.15) is 0 Å². The van der Waals surface area contributed by atoms with Crippen molar-refractivity contribution in [3.05, 3.63) is 29.6 Å². The first-order valence-electron chi connectivity index (χ1n) is 3.96. The van der Waals surface area contributed by atoms with E-state index in [2.05, 4.69) is 4.98 Å². The van der Waals surface area contributed by atoms with Gasteiger partial charge < -0.3 is 10.2 Å². The highest BCUT2D eigenvalue weighted by atomic mass is 16.3. The van der Waals surface area contributed by atoms with Crippen molar-refractivity contribution in [2.45, 2.75) is 25.0 Å². The molecule has 1 aliphatic carbocycles. The van der Waals surface area contributed by atoms with Crippen molar-refractivity contribution in [3.63, 3.8) is 0 Å². The zero-order valence-electron chi connectivity index (χ0n) is 6.86. The lowest BCUT2D eigenvalue weighted by atomic mass is 10.0. The average molecular weight is 165 g/mol. The van der Waals surface area contributed by atoms with Crippen LogP contribution in [0.2, 0.25) is 0 Å². The fourth-order valence-corrected chi connectivity index (χ4v) is 1.74. The van der Waals surface area contributed by atoms with Gasteiger partial charge in [0.15, 0.2) is 0 Å². The molecule has 0 unspecified atom stereocenters. The van der Waals surface area contributed by atoms with Gasteiger partial charge in [0.1, 0.15) is 0 Å². The topological polar surface area (TPSA) is 53.4 Å². The maximum absolute atomic E-state index is 9.82. The lowest BCUT2D eigenvalue weighted by Crippen LogP contribution is -2.16. The van der Waals surface area contributed by atoms with E-state index in [0.717, 1.165) is 11.1 Å². The van der Waals surface area contributed by atoms with Gasteiger partial charge in [0.25, 0.3) is 0 Å². The highest BCUT2D eigenvalue weighted by Gasteiger charge is 2.37. The van der Waals surface area contributed by atoms with Crippen molar-refractivity contribution in [1.29, 1.82) is 0 Å². The molecule has 0 saturated carbocycles. The number of rotatable bonds is 0. The Labute approximate surface area is 70.7 Å². The minimum Gasteiger partial charge on any atom is -0.388 e. The van der Waals surface area contributed by atoms with Crippen molar-refractivity contribution >= 4 is 0 Å². The molecule has 0 aliphatic heterocycles. The lowest BCUT2D eigenvalue weighted by Gasteiger charge is -2.16. The summed E-state index contributed by atoms with van der Waals surface area (Å²) >= 11 is 0. The third-order valence-corrected chi connectivity index (χ3v) is 2.38. The minimum absolute atomic E-state index is 0.369. The summed E-state index contributed by atoms with van der Waals surface area (Å²) in [6, 6.07) is 1.75. The molecule has 3 nitrogen and oxygen atoms in total.